The van der Waals surface area contributed by atoms with Crippen molar-refractivity contribution in [1.29, 1.82) is 0 Å². The summed E-state index contributed by atoms with van der Waals surface area (Å²) in [5, 5.41) is 19.9. The van der Waals surface area contributed by atoms with Crippen LogP contribution in [0.5, 0.6) is 0 Å². The molecule has 0 saturated heterocycles. The second-order valence-corrected chi connectivity index (χ2v) is 6.93. The molecule has 5 atom stereocenters. The van der Waals surface area contributed by atoms with Crippen LogP contribution >= 0.6 is 0 Å². The van der Waals surface area contributed by atoms with E-state index in [4.69, 9.17) is 0 Å². The average Bonchev–Trinajstić information content (AvgIpc) is 2.79. The molecule has 19 heavy (non-hydrogen) atoms. The predicted octanol–water partition coefficient (Wildman–Crippen LogP) is 1.63. The maximum absolute atomic E-state index is 11.4. The van der Waals surface area contributed by atoms with Crippen LogP contribution in [-0.2, 0) is 9.59 Å². The molecule has 0 aromatic rings. The topological polar surface area (TPSA) is 74.6 Å². The lowest BCUT2D eigenvalue weighted by molar-refractivity contribution is -0.134. The van der Waals surface area contributed by atoms with E-state index in [2.05, 4.69) is 13.8 Å². The molecular weight excluding hydrogens is 244 g/mol. The third-order valence-corrected chi connectivity index (χ3v) is 6.13. The minimum Gasteiger partial charge on any atom is -0.478 e. The van der Waals surface area contributed by atoms with Gasteiger partial charge >= 0.3 is 5.97 Å². The number of carbonyl (C=O) groups excluding carboxylic acids is 1. The summed E-state index contributed by atoms with van der Waals surface area (Å²) in [6, 6.07) is 0. The molecular formula is C15H20O4. The zero-order valence-corrected chi connectivity index (χ0v) is 11.3. The number of carbonyl (C=O) groups is 2. The minimum atomic E-state index is -0.936. The molecule has 3 aliphatic carbocycles. The highest BCUT2D eigenvalue weighted by molar-refractivity contribution is 5.88. The normalized spacial score (nSPS) is 46.6. The van der Waals surface area contributed by atoms with Gasteiger partial charge in [-0.05, 0) is 42.6 Å². The summed E-state index contributed by atoms with van der Waals surface area (Å²) in [5.74, 6) is -0.901. The van der Waals surface area contributed by atoms with Crippen LogP contribution in [0.15, 0.2) is 11.6 Å². The lowest BCUT2D eigenvalue weighted by Gasteiger charge is -2.39. The zero-order valence-electron chi connectivity index (χ0n) is 11.3. The first-order valence-electron chi connectivity index (χ1n) is 6.94. The summed E-state index contributed by atoms with van der Waals surface area (Å²) in [7, 11) is 0. The fourth-order valence-electron chi connectivity index (χ4n) is 5.27. The fourth-order valence-corrected chi connectivity index (χ4v) is 5.27. The van der Waals surface area contributed by atoms with E-state index in [0.29, 0.717) is 12.0 Å². The molecule has 2 N–H and O–H groups in total. The Morgan fingerprint density at radius 1 is 1.42 bits per heavy atom. The van der Waals surface area contributed by atoms with Gasteiger partial charge in [-0.25, -0.2) is 4.79 Å². The molecule has 0 aromatic heterocycles. The van der Waals surface area contributed by atoms with Gasteiger partial charge in [0.1, 0.15) is 6.29 Å². The van der Waals surface area contributed by atoms with Crippen molar-refractivity contribution in [2.45, 2.75) is 39.2 Å². The summed E-state index contributed by atoms with van der Waals surface area (Å²) in [4.78, 5) is 22.8. The monoisotopic (exact) mass is 264 g/mol. The molecule has 0 amide bonds. The van der Waals surface area contributed by atoms with Gasteiger partial charge in [0.05, 0.1) is 6.10 Å². The van der Waals surface area contributed by atoms with Gasteiger partial charge in [0, 0.05) is 16.9 Å². The van der Waals surface area contributed by atoms with E-state index in [0.717, 1.165) is 19.1 Å². The van der Waals surface area contributed by atoms with Crippen molar-refractivity contribution in [3.63, 3.8) is 0 Å². The van der Waals surface area contributed by atoms with Gasteiger partial charge < -0.3 is 15.0 Å². The average molecular weight is 264 g/mol. The Labute approximate surface area is 112 Å². The van der Waals surface area contributed by atoms with Crippen LogP contribution < -0.4 is 0 Å². The van der Waals surface area contributed by atoms with Crippen LogP contribution in [0, 0.1) is 28.6 Å². The van der Waals surface area contributed by atoms with Crippen molar-refractivity contribution in [1.82, 2.24) is 0 Å². The number of fused-ring (bicyclic) bond motifs is 1. The number of aldehydes is 1. The highest BCUT2D eigenvalue weighted by Gasteiger charge is 2.68. The molecule has 0 aliphatic heterocycles. The molecule has 0 radical (unpaired) electrons. The molecule has 3 aliphatic rings. The van der Waals surface area contributed by atoms with Crippen LogP contribution in [0.3, 0.4) is 0 Å². The van der Waals surface area contributed by atoms with Crippen molar-refractivity contribution in [3.8, 4) is 0 Å². The molecule has 0 unspecified atom stereocenters. The first kappa shape index (κ1) is 12.9. The Hall–Kier alpha value is -1.16. The summed E-state index contributed by atoms with van der Waals surface area (Å²) < 4.78 is 0. The van der Waals surface area contributed by atoms with E-state index in [1.165, 1.54) is 6.08 Å². The molecule has 1 spiro atoms. The van der Waals surface area contributed by atoms with Crippen LogP contribution in [0.1, 0.15) is 33.1 Å². The SMILES string of the molecule is CC1(C)[C@H]2C[C@@]3([C@H](C=O)CC[C@@H]13)[C@@H](O)C=C2C(=O)O. The number of aliphatic carboxylic acids is 1. The van der Waals surface area contributed by atoms with E-state index < -0.39 is 17.5 Å². The zero-order chi connectivity index (χ0) is 14.0. The summed E-state index contributed by atoms with van der Waals surface area (Å²) >= 11 is 0. The number of carboxylic acid groups (broad SMARTS) is 1. The number of aliphatic hydroxyl groups excluding tert-OH is 1. The van der Waals surface area contributed by atoms with Crippen LogP contribution in [-0.4, -0.2) is 28.6 Å². The van der Waals surface area contributed by atoms with Gasteiger partial charge in [0.15, 0.2) is 0 Å². The third kappa shape index (κ3) is 1.33. The number of carboxylic acids is 1. The van der Waals surface area contributed by atoms with Gasteiger partial charge in [-0.3, -0.25) is 0 Å². The Kier molecular flexibility index (Phi) is 2.50. The highest BCUT2D eigenvalue weighted by Crippen LogP contribution is 2.70. The second kappa shape index (κ2) is 3.69. The maximum Gasteiger partial charge on any atom is 0.331 e. The lowest BCUT2D eigenvalue weighted by atomic mass is 9.66. The molecule has 2 saturated carbocycles. The van der Waals surface area contributed by atoms with Crippen molar-refractivity contribution in [2.75, 3.05) is 0 Å². The van der Waals surface area contributed by atoms with E-state index in [1.54, 1.807) is 0 Å². The van der Waals surface area contributed by atoms with Gasteiger partial charge in [0.25, 0.3) is 0 Å². The van der Waals surface area contributed by atoms with E-state index in [-0.39, 0.29) is 23.2 Å². The van der Waals surface area contributed by atoms with Crippen molar-refractivity contribution >= 4 is 12.3 Å². The maximum atomic E-state index is 11.4. The van der Waals surface area contributed by atoms with E-state index >= 15 is 0 Å². The van der Waals surface area contributed by atoms with Crippen molar-refractivity contribution in [2.24, 2.45) is 28.6 Å². The third-order valence-electron chi connectivity index (χ3n) is 6.13. The summed E-state index contributed by atoms with van der Waals surface area (Å²) in [5.41, 5.74) is -0.254. The van der Waals surface area contributed by atoms with Gasteiger partial charge in [-0.2, -0.15) is 0 Å². The number of aliphatic hydroxyl groups is 1. The van der Waals surface area contributed by atoms with E-state index in [9.17, 15) is 19.8 Å². The molecule has 4 nitrogen and oxygen atoms in total. The second-order valence-electron chi connectivity index (χ2n) is 6.93. The van der Waals surface area contributed by atoms with Gasteiger partial charge in [-0.1, -0.05) is 13.8 Å². The number of hydrogen-bond acceptors (Lipinski definition) is 3. The van der Waals surface area contributed by atoms with Crippen LogP contribution in [0.2, 0.25) is 0 Å². The number of hydrogen-bond donors (Lipinski definition) is 2. The molecule has 2 bridgehead atoms. The van der Waals surface area contributed by atoms with Crippen LogP contribution in [0.25, 0.3) is 0 Å². The molecule has 3 rings (SSSR count). The van der Waals surface area contributed by atoms with Crippen molar-refractivity contribution < 1.29 is 19.8 Å². The Morgan fingerprint density at radius 3 is 2.68 bits per heavy atom. The molecule has 104 valence electrons. The smallest absolute Gasteiger partial charge is 0.331 e. The van der Waals surface area contributed by atoms with Crippen molar-refractivity contribution in [3.05, 3.63) is 11.6 Å². The van der Waals surface area contributed by atoms with Gasteiger partial charge in [0.2, 0.25) is 0 Å². The molecule has 0 aromatic carbocycles. The Morgan fingerprint density at radius 2 is 2.11 bits per heavy atom. The number of rotatable bonds is 2. The first-order valence-corrected chi connectivity index (χ1v) is 6.94. The Balaban J connectivity index is 2.16. The quantitative estimate of drug-likeness (QED) is 0.743. The molecule has 2 fully saturated rings. The largest absolute Gasteiger partial charge is 0.478 e. The van der Waals surface area contributed by atoms with Gasteiger partial charge in [-0.15, -0.1) is 0 Å². The lowest BCUT2D eigenvalue weighted by Crippen LogP contribution is -2.43. The molecule has 0 heterocycles. The van der Waals surface area contributed by atoms with Crippen LogP contribution in [0.4, 0.5) is 0 Å². The highest BCUT2D eigenvalue weighted by atomic mass is 16.4. The van der Waals surface area contributed by atoms with E-state index in [1.807, 2.05) is 0 Å². The summed E-state index contributed by atoms with van der Waals surface area (Å²) in [6.45, 7) is 4.18. The Bertz CT molecular complexity index is 479. The molecule has 4 heteroatoms. The minimum absolute atomic E-state index is 0.0545. The predicted molar refractivity (Wildman–Crippen MR) is 68.3 cm³/mol. The summed E-state index contributed by atoms with van der Waals surface area (Å²) in [6.07, 6.45) is 4.02. The standard InChI is InChI=1S/C15H20O4/c1-14(2)10-6-15(8(7-16)3-4-11(14)15)12(17)5-9(10)13(18)19/h5,7-8,10-12,17H,3-4,6H2,1-2H3,(H,18,19)/t8-,10-,11-,12-,15-/m0/s1. The first-order chi connectivity index (χ1) is 8.85. The fraction of sp³-hybridized carbons (Fsp3) is 0.733.